The first-order valence-electron chi connectivity index (χ1n) is 6.82. The van der Waals surface area contributed by atoms with Crippen LogP contribution in [0, 0.1) is 11.6 Å². The van der Waals surface area contributed by atoms with Crippen LogP contribution in [-0.2, 0) is 7.05 Å². The lowest BCUT2D eigenvalue weighted by atomic mass is 10.1. The molecule has 2 aromatic carbocycles. The van der Waals surface area contributed by atoms with Crippen molar-refractivity contribution in [2.24, 2.45) is 7.05 Å². The van der Waals surface area contributed by atoms with Gasteiger partial charge in [0.05, 0.1) is 5.39 Å². The van der Waals surface area contributed by atoms with Crippen molar-refractivity contribution < 1.29 is 13.6 Å². The summed E-state index contributed by atoms with van der Waals surface area (Å²) in [5, 5.41) is 3.26. The summed E-state index contributed by atoms with van der Waals surface area (Å²) in [6.07, 6.45) is 0. The number of nitrogens with zero attached hydrogens (tertiary/aromatic N) is 1. The second-order valence-electron chi connectivity index (χ2n) is 5.09. The van der Waals surface area contributed by atoms with Gasteiger partial charge in [0.2, 0.25) is 0 Å². The Morgan fingerprint density at radius 2 is 1.65 bits per heavy atom. The summed E-state index contributed by atoms with van der Waals surface area (Å²) in [5.41, 5.74) is 0.0627. The smallest absolute Gasteiger partial charge is 0.272 e. The van der Waals surface area contributed by atoms with Crippen LogP contribution >= 0.6 is 0 Å². The molecular weight excluding hydrogens is 302 g/mol. The molecule has 0 radical (unpaired) electrons. The van der Waals surface area contributed by atoms with E-state index in [-0.39, 0.29) is 11.1 Å². The van der Waals surface area contributed by atoms with Crippen LogP contribution in [0.25, 0.3) is 10.8 Å². The van der Waals surface area contributed by atoms with E-state index in [4.69, 9.17) is 0 Å². The normalized spacial score (nSPS) is 10.7. The van der Waals surface area contributed by atoms with E-state index in [1.807, 2.05) is 0 Å². The van der Waals surface area contributed by atoms with E-state index < -0.39 is 23.1 Å². The summed E-state index contributed by atoms with van der Waals surface area (Å²) in [7, 11) is 1.44. The number of carbonyl (C=O) groups excluding carboxylic acids is 1. The molecule has 0 aliphatic carbocycles. The molecule has 3 rings (SSSR count). The molecule has 6 heteroatoms. The third kappa shape index (κ3) is 2.83. The van der Waals surface area contributed by atoms with Gasteiger partial charge in [0.1, 0.15) is 17.3 Å². The fraction of sp³-hybridized carbons (Fsp3) is 0.0588. The van der Waals surface area contributed by atoms with Gasteiger partial charge in [-0.2, -0.15) is 0 Å². The minimum atomic E-state index is -0.516. The Kier molecular flexibility index (Phi) is 3.65. The Bertz CT molecular complexity index is 963. The highest BCUT2D eigenvalue weighted by Crippen LogP contribution is 2.15. The van der Waals surface area contributed by atoms with Gasteiger partial charge in [-0.15, -0.1) is 0 Å². The predicted octanol–water partition coefficient (Wildman–Crippen LogP) is 3.07. The monoisotopic (exact) mass is 314 g/mol. The SMILES string of the molecule is Cn1c(C(=O)Nc2ccc(F)cc2)cc2ccc(F)cc2c1=O. The summed E-state index contributed by atoms with van der Waals surface area (Å²) in [4.78, 5) is 24.6. The van der Waals surface area contributed by atoms with Gasteiger partial charge in [0.15, 0.2) is 0 Å². The van der Waals surface area contributed by atoms with Gasteiger partial charge in [0, 0.05) is 12.7 Å². The van der Waals surface area contributed by atoms with E-state index in [9.17, 15) is 18.4 Å². The second kappa shape index (κ2) is 5.64. The van der Waals surface area contributed by atoms with Crippen molar-refractivity contribution in [3.63, 3.8) is 0 Å². The first kappa shape index (κ1) is 14.9. The molecule has 0 saturated carbocycles. The molecule has 0 saturated heterocycles. The first-order valence-corrected chi connectivity index (χ1v) is 6.82. The average molecular weight is 314 g/mol. The number of amides is 1. The Morgan fingerprint density at radius 1 is 1.00 bits per heavy atom. The average Bonchev–Trinajstić information content (AvgIpc) is 2.53. The number of hydrogen-bond acceptors (Lipinski definition) is 2. The van der Waals surface area contributed by atoms with E-state index in [0.717, 1.165) is 10.6 Å². The first-order chi connectivity index (χ1) is 11.0. The van der Waals surface area contributed by atoms with Crippen LogP contribution in [-0.4, -0.2) is 10.5 Å². The highest BCUT2D eigenvalue weighted by atomic mass is 19.1. The van der Waals surface area contributed by atoms with Crippen LogP contribution in [0.4, 0.5) is 14.5 Å². The fourth-order valence-corrected chi connectivity index (χ4v) is 2.32. The quantitative estimate of drug-likeness (QED) is 0.790. The number of pyridine rings is 1. The van der Waals surface area contributed by atoms with Crippen LogP contribution < -0.4 is 10.9 Å². The van der Waals surface area contributed by atoms with E-state index in [0.29, 0.717) is 11.1 Å². The lowest BCUT2D eigenvalue weighted by Gasteiger charge is -2.11. The van der Waals surface area contributed by atoms with Crippen LogP contribution in [0.5, 0.6) is 0 Å². The molecule has 0 spiro atoms. The fourth-order valence-electron chi connectivity index (χ4n) is 2.32. The van der Waals surface area contributed by atoms with Gasteiger partial charge in [0.25, 0.3) is 11.5 Å². The Hall–Kier alpha value is -3.02. The lowest BCUT2D eigenvalue weighted by Crippen LogP contribution is -2.26. The van der Waals surface area contributed by atoms with Crippen molar-refractivity contribution in [3.05, 3.63) is 76.2 Å². The number of anilines is 1. The third-order valence-corrected chi connectivity index (χ3v) is 3.54. The summed E-state index contributed by atoms with van der Waals surface area (Å²) >= 11 is 0. The van der Waals surface area contributed by atoms with Gasteiger partial charge in [-0.3, -0.25) is 9.59 Å². The number of nitrogens with one attached hydrogen (secondary N) is 1. The maximum Gasteiger partial charge on any atom is 0.272 e. The molecule has 1 amide bonds. The number of aromatic nitrogens is 1. The van der Waals surface area contributed by atoms with Gasteiger partial charge in [-0.1, -0.05) is 6.07 Å². The number of benzene rings is 2. The molecule has 0 unspecified atom stereocenters. The Labute approximate surface area is 130 Å². The minimum absolute atomic E-state index is 0.124. The van der Waals surface area contributed by atoms with Crippen LogP contribution in [0.15, 0.2) is 53.3 Å². The van der Waals surface area contributed by atoms with E-state index in [2.05, 4.69) is 5.32 Å². The highest BCUT2D eigenvalue weighted by molar-refractivity contribution is 6.05. The molecule has 3 aromatic rings. The summed E-state index contributed by atoms with van der Waals surface area (Å²) in [6, 6.07) is 10.6. The molecule has 4 nitrogen and oxygen atoms in total. The van der Waals surface area contributed by atoms with Gasteiger partial charge < -0.3 is 9.88 Å². The van der Waals surface area contributed by atoms with E-state index in [1.165, 1.54) is 49.5 Å². The maximum absolute atomic E-state index is 13.3. The molecule has 0 fully saturated rings. The zero-order valence-electron chi connectivity index (χ0n) is 12.1. The van der Waals surface area contributed by atoms with Crippen molar-refractivity contribution in [1.82, 2.24) is 4.57 Å². The van der Waals surface area contributed by atoms with Crippen molar-refractivity contribution in [2.75, 3.05) is 5.32 Å². The molecule has 1 aromatic heterocycles. The zero-order valence-corrected chi connectivity index (χ0v) is 12.1. The van der Waals surface area contributed by atoms with Crippen molar-refractivity contribution in [3.8, 4) is 0 Å². The molecule has 0 aliphatic rings. The third-order valence-electron chi connectivity index (χ3n) is 3.54. The molecule has 23 heavy (non-hydrogen) atoms. The molecule has 1 N–H and O–H groups in total. The largest absolute Gasteiger partial charge is 0.321 e. The van der Waals surface area contributed by atoms with Crippen molar-refractivity contribution in [1.29, 1.82) is 0 Å². The lowest BCUT2D eigenvalue weighted by molar-refractivity contribution is 0.101. The van der Waals surface area contributed by atoms with Crippen LogP contribution in [0.1, 0.15) is 10.5 Å². The van der Waals surface area contributed by atoms with E-state index in [1.54, 1.807) is 0 Å². The molecule has 116 valence electrons. The molecule has 0 atom stereocenters. The van der Waals surface area contributed by atoms with Crippen LogP contribution in [0.2, 0.25) is 0 Å². The molecular formula is C17H12F2N2O2. The van der Waals surface area contributed by atoms with Crippen molar-refractivity contribution in [2.45, 2.75) is 0 Å². The number of rotatable bonds is 2. The summed E-state index contributed by atoms with van der Waals surface area (Å²) in [5.74, 6) is -1.44. The number of hydrogen-bond donors (Lipinski definition) is 1. The number of halogens is 2. The van der Waals surface area contributed by atoms with Gasteiger partial charge in [-0.05, 0) is 47.9 Å². The highest BCUT2D eigenvalue weighted by Gasteiger charge is 2.14. The molecule has 1 heterocycles. The minimum Gasteiger partial charge on any atom is -0.321 e. The summed E-state index contributed by atoms with van der Waals surface area (Å²) in [6.45, 7) is 0. The standard InChI is InChI=1S/C17H12F2N2O2/c1-21-15(16(22)20-13-6-4-11(18)5-7-13)8-10-2-3-12(19)9-14(10)17(21)23/h2-9H,1H3,(H,20,22). The zero-order chi connectivity index (χ0) is 16.6. The molecule has 0 bridgehead atoms. The predicted molar refractivity (Wildman–Crippen MR) is 83.5 cm³/mol. The van der Waals surface area contributed by atoms with Crippen molar-refractivity contribution >= 4 is 22.4 Å². The summed E-state index contributed by atoms with van der Waals surface area (Å²) < 4.78 is 27.3. The number of fused-ring (bicyclic) bond motifs is 1. The molecule has 0 aliphatic heterocycles. The van der Waals surface area contributed by atoms with Gasteiger partial charge >= 0.3 is 0 Å². The topological polar surface area (TPSA) is 51.1 Å². The van der Waals surface area contributed by atoms with Gasteiger partial charge in [-0.25, -0.2) is 8.78 Å². The van der Waals surface area contributed by atoms with E-state index >= 15 is 0 Å². The Balaban J connectivity index is 2.03. The Morgan fingerprint density at radius 3 is 2.35 bits per heavy atom. The number of carbonyl (C=O) groups is 1. The van der Waals surface area contributed by atoms with Crippen LogP contribution in [0.3, 0.4) is 0 Å². The maximum atomic E-state index is 13.3. The second-order valence-corrected chi connectivity index (χ2v) is 5.09.